The van der Waals surface area contributed by atoms with E-state index >= 15 is 0 Å². The van der Waals surface area contributed by atoms with Crippen molar-refractivity contribution in [1.82, 2.24) is 10.2 Å². The van der Waals surface area contributed by atoms with Crippen molar-refractivity contribution in [2.24, 2.45) is 5.92 Å². The fraction of sp³-hybridized carbons (Fsp3) is 1.00. The summed E-state index contributed by atoms with van der Waals surface area (Å²) < 4.78 is 40.7. The Hall–Kier alpha value is -0.330. The average Bonchev–Trinajstić information content (AvgIpc) is 3.16. The molecule has 2 aliphatic rings. The molecule has 1 unspecified atom stereocenters. The van der Waals surface area contributed by atoms with Gasteiger partial charge in [0, 0.05) is 37.3 Å². The minimum absolute atomic E-state index is 0.0401. The van der Waals surface area contributed by atoms with E-state index in [1.54, 1.807) is 0 Å². The Kier molecular flexibility index (Phi) is 4.90. The topological polar surface area (TPSA) is 24.5 Å². The summed E-state index contributed by atoms with van der Waals surface area (Å²) >= 11 is 0. The molecule has 0 aromatic heterocycles. The molecule has 6 heteroatoms. The number of rotatable bonds is 6. The van der Waals surface area contributed by atoms with Crippen LogP contribution in [0.4, 0.5) is 13.2 Å². The third kappa shape index (κ3) is 4.83. The van der Waals surface area contributed by atoms with Crippen molar-refractivity contribution in [3.05, 3.63) is 0 Å². The monoisotopic (exact) mass is 308 g/mol. The minimum atomic E-state index is -4.22. The third-order valence-electron chi connectivity index (χ3n) is 4.76. The molecule has 0 amide bonds. The van der Waals surface area contributed by atoms with E-state index in [4.69, 9.17) is 4.74 Å². The maximum atomic E-state index is 12.0. The summed E-state index contributed by atoms with van der Waals surface area (Å²) in [7, 11) is 0. The van der Waals surface area contributed by atoms with E-state index in [9.17, 15) is 13.2 Å². The highest BCUT2D eigenvalue weighted by Gasteiger charge is 2.47. The largest absolute Gasteiger partial charge is 0.411 e. The first-order chi connectivity index (χ1) is 9.62. The van der Waals surface area contributed by atoms with Crippen LogP contribution in [0.5, 0.6) is 0 Å². The van der Waals surface area contributed by atoms with Gasteiger partial charge >= 0.3 is 6.18 Å². The van der Waals surface area contributed by atoms with Crippen molar-refractivity contribution in [2.45, 2.75) is 57.3 Å². The lowest BCUT2D eigenvalue weighted by molar-refractivity contribution is -0.174. The van der Waals surface area contributed by atoms with Gasteiger partial charge in [-0.05, 0) is 46.0 Å². The van der Waals surface area contributed by atoms with Gasteiger partial charge < -0.3 is 10.1 Å². The number of halogens is 3. The molecule has 0 spiro atoms. The average molecular weight is 308 g/mol. The van der Waals surface area contributed by atoms with Crippen molar-refractivity contribution in [1.29, 1.82) is 0 Å². The quantitative estimate of drug-likeness (QED) is 0.764. The normalized spacial score (nSPS) is 30.6. The van der Waals surface area contributed by atoms with Gasteiger partial charge in [-0.3, -0.25) is 4.90 Å². The Morgan fingerprint density at radius 3 is 2.48 bits per heavy atom. The Balaban J connectivity index is 1.76. The number of ether oxygens (including phenoxy) is 1. The van der Waals surface area contributed by atoms with Crippen LogP contribution in [0.15, 0.2) is 0 Å². The molecule has 21 heavy (non-hydrogen) atoms. The van der Waals surface area contributed by atoms with Gasteiger partial charge in [0.25, 0.3) is 0 Å². The van der Waals surface area contributed by atoms with Crippen molar-refractivity contribution < 1.29 is 17.9 Å². The lowest BCUT2D eigenvalue weighted by Gasteiger charge is -2.51. The van der Waals surface area contributed by atoms with Crippen molar-refractivity contribution in [2.75, 3.05) is 32.8 Å². The van der Waals surface area contributed by atoms with E-state index in [0.717, 1.165) is 25.6 Å². The van der Waals surface area contributed by atoms with E-state index in [1.165, 1.54) is 12.8 Å². The number of piperazine rings is 1. The smallest absolute Gasteiger partial charge is 0.372 e. The summed E-state index contributed by atoms with van der Waals surface area (Å²) in [6.45, 7) is 8.33. The zero-order valence-electron chi connectivity index (χ0n) is 13.2. The van der Waals surface area contributed by atoms with Gasteiger partial charge in [-0.1, -0.05) is 0 Å². The Morgan fingerprint density at radius 1 is 1.24 bits per heavy atom. The molecule has 1 saturated heterocycles. The summed E-state index contributed by atoms with van der Waals surface area (Å²) in [5, 5.41) is 3.68. The van der Waals surface area contributed by atoms with Crippen molar-refractivity contribution in [3.8, 4) is 0 Å². The molecule has 124 valence electrons. The van der Waals surface area contributed by atoms with E-state index in [0.29, 0.717) is 6.42 Å². The molecule has 1 N–H and O–H groups in total. The first kappa shape index (κ1) is 17.0. The molecular formula is C15H27F3N2O. The fourth-order valence-corrected chi connectivity index (χ4v) is 3.12. The molecule has 0 radical (unpaired) electrons. The standard InChI is InChI=1S/C15H27F3N2O/c1-13(2)9-19-14(3,12-5-6-12)10-20(13)7-4-8-21-11-15(16,17)18/h12,19H,4-11H2,1-3H3. The van der Waals surface area contributed by atoms with Crippen LogP contribution in [0, 0.1) is 5.92 Å². The van der Waals surface area contributed by atoms with Gasteiger partial charge in [-0.2, -0.15) is 13.2 Å². The molecule has 1 atom stereocenters. The Labute approximate surface area is 125 Å². The molecule has 0 aromatic carbocycles. The van der Waals surface area contributed by atoms with Crippen LogP contribution < -0.4 is 5.32 Å². The summed E-state index contributed by atoms with van der Waals surface area (Å²) in [6, 6.07) is 0. The predicted octanol–water partition coefficient (Wildman–Crippen LogP) is 2.81. The maximum Gasteiger partial charge on any atom is 0.411 e. The molecule has 1 saturated carbocycles. The molecule has 0 aromatic rings. The predicted molar refractivity (Wildman–Crippen MR) is 76.3 cm³/mol. The highest BCUT2D eigenvalue weighted by atomic mass is 19.4. The van der Waals surface area contributed by atoms with Gasteiger partial charge in [0.2, 0.25) is 0 Å². The van der Waals surface area contributed by atoms with Crippen molar-refractivity contribution in [3.63, 3.8) is 0 Å². The number of alkyl halides is 3. The van der Waals surface area contributed by atoms with Crippen LogP contribution in [0.3, 0.4) is 0 Å². The third-order valence-corrected chi connectivity index (χ3v) is 4.76. The van der Waals surface area contributed by atoms with Gasteiger partial charge in [-0.25, -0.2) is 0 Å². The molecule has 2 fully saturated rings. The van der Waals surface area contributed by atoms with E-state index in [-0.39, 0.29) is 17.7 Å². The van der Waals surface area contributed by atoms with Gasteiger partial charge in [0.1, 0.15) is 6.61 Å². The summed E-state index contributed by atoms with van der Waals surface area (Å²) in [5.74, 6) is 0.748. The molecule has 1 heterocycles. The first-order valence-corrected chi connectivity index (χ1v) is 7.77. The molecule has 1 aliphatic carbocycles. The van der Waals surface area contributed by atoms with Gasteiger partial charge in [-0.15, -0.1) is 0 Å². The SMILES string of the molecule is CC1(C2CC2)CN(CCCOCC(F)(F)F)C(C)(C)CN1. The lowest BCUT2D eigenvalue weighted by atomic mass is 9.86. The van der Waals surface area contributed by atoms with Crippen LogP contribution in [-0.2, 0) is 4.74 Å². The zero-order chi connectivity index (χ0) is 15.7. The second-order valence-electron chi connectivity index (χ2n) is 7.30. The second-order valence-corrected chi connectivity index (χ2v) is 7.30. The summed E-state index contributed by atoms with van der Waals surface area (Å²) in [5.41, 5.74) is 0.195. The Bertz CT molecular complexity index is 355. The first-order valence-electron chi connectivity index (χ1n) is 7.77. The van der Waals surface area contributed by atoms with E-state index in [2.05, 4.69) is 31.0 Å². The van der Waals surface area contributed by atoms with E-state index < -0.39 is 12.8 Å². The van der Waals surface area contributed by atoms with Crippen LogP contribution in [0.2, 0.25) is 0 Å². The zero-order valence-corrected chi connectivity index (χ0v) is 13.2. The fourth-order valence-electron chi connectivity index (χ4n) is 3.12. The number of hydrogen-bond donors (Lipinski definition) is 1. The van der Waals surface area contributed by atoms with Gasteiger partial charge in [0.05, 0.1) is 0 Å². The van der Waals surface area contributed by atoms with Crippen LogP contribution in [0.25, 0.3) is 0 Å². The summed E-state index contributed by atoms with van der Waals surface area (Å²) in [4.78, 5) is 2.40. The molecule has 0 bridgehead atoms. The lowest BCUT2D eigenvalue weighted by Crippen LogP contribution is -2.68. The van der Waals surface area contributed by atoms with Crippen molar-refractivity contribution >= 4 is 0 Å². The van der Waals surface area contributed by atoms with Crippen LogP contribution in [0.1, 0.15) is 40.0 Å². The number of nitrogens with one attached hydrogen (secondary N) is 1. The number of hydrogen-bond acceptors (Lipinski definition) is 3. The second kappa shape index (κ2) is 6.05. The summed E-state index contributed by atoms with van der Waals surface area (Å²) in [6.07, 6.45) is -1.02. The molecule has 2 rings (SSSR count). The molecule has 1 aliphatic heterocycles. The maximum absolute atomic E-state index is 12.0. The Morgan fingerprint density at radius 2 is 1.90 bits per heavy atom. The van der Waals surface area contributed by atoms with Gasteiger partial charge in [0.15, 0.2) is 0 Å². The minimum Gasteiger partial charge on any atom is -0.372 e. The van der Waals surface area contributed by atoms with E-state index in [1.807, 2.05) is 0 Å². The molecular weight excluding hydrogens is 281 g/mol. The van der Waals surface area contributed by atoms with Crippen LogP contribution >= 0.6 is 0 Å². The number of nitrogens with zero attached hydrogens (tertiary/aromatic N) is 1. The molecule has 3 nitrogen and oxygen atoms in total. The van der Waals surface area contributed by atoms with Crippen LogP contribution in [-0.4, -0.2) is 55.0 Å². The highest BCUT2D eigenvalue weighted by Crippen LogP contribution is 2.42. The highest BCUT2D eigenvalue weighted by molar-refractivity contribution is 5.06.